The van der Waals surface area contributed by atoms with E-state index >= 15 is 0 Å². The minimum Gasteiger partial charge on any atom is -0.354 e. The lowest BCUT2D eigenvalue weighted by Crippen LogP contribution is -2.48. The molecule has 0 amide bonds. The molecule has 2 saturated heterocycles. The zero-order valence-electron chi connectivity index (χ0n) is 15.8. The van der Waals surface area contributed by atoms with Crippen LogP contribution in [0.5, 0.6) is 0 Å². The number of fused-ring (bicyclic) bond motifs is 1. The number of hydrogen-bond donors (Lipinski definition) is 1. The lowest BCUT2D eigenvalue weighted by Gasteiger charge is -2.33. The van der Waals surface area contributed by atoms with Crippen LogP contribution in [0.4, 0.5) is 20.4 Å². The summed E-state index contributed by atoms with van der Waals surface area (Å²) < 4.78 is 28.4. The highest BCUT2D eigenvalue weighted by Crippen LogP contribution is 2.33. The summed E-state index contributed by atoms with van der Waals surface area (Å²) in [5.74, 6) is 1.55. The van der Waals surface area contributed by atoms with E-state index in [4.69, 9.17) is 5.73 Å². The van der Waals surface area contributed by atoms with Crippen LogP contribution < -0.4 is 15.5 Å². The zero-order chi connectivity index (χ0) is 20.0. The van der Waals surface area contributed by atoms with Crippen LogP contribution in [0.3, 0.4) is 0 Å². The number of pyridine rings is 2. The van der Waals surface area contributed by atoms with Crippen molar-refractivity contribution in [3.05, 3.63) is 30.6 Å². The Balaban J connectivity index is 1.37. The smallest absolute Gasteiger partial charge is 0.133 e. The topological polar surface area (TPSA) is 71.2 Å². The van der Waals surface area contributed by atoms with E-state index in [0.717, 1.165) is 32.4 Å². The first-order valence-electron chi connectivity index (χ1n) is 9.83. The second-order valence-electron chi connectivity index (χ2n) is 7.68. The summed E-state index contributed by atoms with van der Waals surface area (Å²) in [5, 5.41) is 0.854. The summed E-state index contributed by atoms with van der Waals surface area (Å²) in [5.41, 5.74) is 7.50. The van der Waals surface area contributed by atoms with Crippen LogP contribution in [0.15, 0.2) is 30.6 Å². The molecule has 0 unspecified atom stereocenters. The number of rotatable bonds is 3. The maximum atomic E-state index is 14.0. The van der Waals surface area contributed by atoms with Gasteiger partial charge < -0.3 is 15.5 Å². The van der Waals surface area contributed by atoms with Gasteiger partial charge in [-0.05, 0) is 25.0 Å². The van der Waals surface area contributed by atoms with Gasteiger partial charge in [0.15, 0.2) is 0 Å². The molecule has 2 fully saturated rings. The predicted octanol–water partition coefficient (Wildman–Crippen LogP) is 3.18. The van der Waals surface area contributed by atoms with E-state index in [1.807, 2.05) is 28.0 Å². The fourth-order valence-corrected chi connectivity index (χ4v) is 4.83. The SMILES string of the molecule is N[C@@H]1CCN(c2cc3sc(-c4ccc(N5CC[C@@H](F)C5)nc4)nc3cn2)C[C@@H]1F. The van der Waals surface area contributed by atoms with Crippen LogP contribution >= 0.6 is 11.3 Å². The molecule has 0 aromatic carbocycles. The van der Waals surface area contributed by atoms with Gasteiger partial charge in [-0.25, -0.2) is 23.7 Å². The molecule has 3 aromatic heterocycles. The van der Waals surface area contributed by atoms with E-state index in [1.54, 1.807) is 23.7 Å². The standard InChI is InChI=1S/C20H22F2N6S/c21-13-3-5-27(10-13)18-2-1-12(8-24-18)20-26-16-9-25-19(7-17(16)29-20)28-6-4-15(23)14(22)11-28/h1-2,7-9,13-15H,3-6,10-11,23H2/t13-,14+,15-/m1/s1. The minimum atomic E-state index is -1.04. The maximum absolute atomic E-state index is 14.0. The maximum Gasteiger partial charge on any atom is 0.133 e. The van der Waals surface area contributed by atoms with Gasteiger partial charge in [0.25, 0.3) is 0 Å². The van der Waals surface area contributed by atoms with Gasteiger partial charge in [0.1, 0.15) is 34.5 Å². The molecule has 152 valence electrons. The van der Waals surface area contributed by atoms with E-state index in [1.165, 1.54) is 0 Å². The molecular weight excluding hydrogens is 394 g/mol. The first kappa shape index (κ1) is 18.6. The Morgan fingerprint density at radius 1 is 1.00 bits per heavy atom. The summed E-state index contributed by atoms with van der Waals surface area (Å²) in [6.07, 6.45) is 2.89. The van der Waals surface area contributed by atoms with Gasteiger partial charge >= 0.3 is 0 Å². The molecule has 3 aromatic rings. The summed E-state index contributed by atoms with van der Waals surface area (Å²) in [6, 6.07) is 5.46. The summed E-state index contributed by atoms with van der Waals surface area (Å²) >= 11 is 1.56. The molecule has 5 heterocycles. The quantitative estimate of drug-likeness (QED) is 0.707. The molecular formula is C20H22F2N6S. The second kappa shape index (κ2) is 7.46. The molecule has 3 atom stereocenters. The number of halogens is 2. The predicted molar refractivity (Wildman–Crippen MR) is 112 cm³/mol. The Morgan fingerprint density at radius 3 is 2.52 bits per heavy atom. The highest BCUT2D eigenvalue weighted by molar-refractivity contribution is 7.21. The highest BCUT2D eigenvalue weighted by Gasteiger charge is 2.27. The number of nitrogens with zero attached hydrogens (tertiary/aromatic N) is 5. The van der Waals surface area contributed by atoms with Gasteiger partial charge in [-0.2, -0.15) is 0 Å². The first-order valence-corrected chi connectivity index (χ1v) is 10.6. The van der Waals surface area contributed by atoms with Crippen LogP contribution in [0.1, 0.15) is 12.8 Å². The van der Waals surface area contributed by atoms with Gasteiger partial charge in [0.05, 0.1) is 24.0 Å². The lowest BCUT2D eigenvalue weighted by molar-refractivity contribution is 0.251. The molecule has 2 N–H and O–H groups in total. The molecule has 2 aliphatic heterocycles. The van der Waals surface area contributed by atoms with Crippen LogP contribution in [0.2, 0.25) is 0 Å². The lowest BCUT2D eigenvalue weighted by atomic mass is 10.0. The van der Waals surface area contributed by atoms with Crippen molar-refractivity contribution in [3.8, 4) is 10.6 Å². The van der Waals surface area contributed by atoms with Crippen molar-refractivity contribution < 1.29 is 8.78 Å². The third-order valence-electron chi connectivity index (χ3n) is 5.63. The van der Waals surface area contributed by atoms with Gasteiger partial charge in [-0.15, -0.1) is 11.3 Å². The Labute approximate surface area is 171 Å². The fourth-order valence-electron chi connectivity index (χ4n) is 3.87. The number of hydrogen-bond acceptors (Lipinski definition) is 7. The Hall–Kier alpha value is -2.39. The van der Waals surface area contributed by atoms with Crippen molar-refractivity contribution in [1.82, 2.24) is 15.0 Å². The van der Waals surface area contributed by atoms with Crippen molar-refractivity contribution in [1.29, 1.82) is 0 Å². The molecule has 6 nitrogen and oxygen atoms in total. The molecule has 9 heteroatoms. The fraction of sp³-hybridized carbons (Fsp3) is 0.450. The molecule has 0 radical (unpaired) electrons. The van der Waals surface area contributed by atoms with Gasteiger partial charge in [0.2, 0.25) is 0 Å². The van der Waals surface area contributed by atoms with Crippen molar-refractivity contribution in [2.75, 3.05) is 36.0 Å². The van der Waals surface area contributed by atoms with Gasteiger partial charge in [-0.1, -0.05) is 0 Å². The van der Waals surface area contributed by atoms with Crippen LogP contribution in [-0.2, 0) is 0 Å². The molecule has 2 aliphatic rings. The second-order valence-corrected chi connectivity index (χ2v) is 8.71. The Morgan fingerprint density at radius 2 is 1.79 bits per heavy atom. The average molecular weight is 417 g/mol. The molecule has 0 aliphatic carbocycles. The number of anilines is 2. The Bertz CT molecular complexity index is 1010. The number of piperidine rings is 1. The zero-order valence-corrected chi connectivity index (χ0v) is 16.7. The summed E-state index contributed by atoms with van der Waals surface area (Å²) in [4.78, 5) is 17.5. The monoisotopic (exact) mass is 416 g/mol. The van der Waals surface area contributed by atoms with Crippen LogP contribution in [0, 0.1) is 0 Å². The number of alkyl halides is 2. The van der Waals surface area contributed by atoms with Crippen molar-refractivity contribution in [3.63, 3.8) is 0 Å². The molecule has 29 heavy (non-hydrogen) atoms. The number of nitrogens with two attached hydrogens (primary N) is 1. The van der Waals surface area contributed by atoms with Crippen molar-refractivity contribution in [2.45, 2.75) is 31.2 Å². The molecule has 0 spiro atoms. The third kappa shape index (κ3) is 3.64. The van der Waals surface area contributed by atoms with E-state index in [9.17, 15) is 8.78 Å². The third-order valence-corrected chi connectivity index (χ3v) is 6.69. The van der Waals surface area contributed by atoms with E-state index in [2.05, 4.69) is 15.0 Å². The van der Waals surface area contributed by atoms with Crippen molar-refractivity contribution in [2.24, 2.45) is 5.73 Å². The number of aromatic nitrogens is 3. The number of thiazole rings is 1. The minimum absolute atomic E-state index is 0.271. The molecule has 5 rings (SSSR count). The van der Waals surface area contributed by atoms with E-state index in [0.29, 0.717) is 32.5 Å². The van der Waals surface area contributed by atoms with Crippen LogP contribution in [-0.4, -0.2) is 59.5 Å². The highest BCUT2D eigenvalue weighted by atomic mass is 32.1. The summed E-state index contributed by atoms with van der Waals surface area (Å²) in [6.45, 7) is 2.08. The Kier molecular flexibility index (Phi) is 4.79. The normalized spacial score (nSPS) is 25.1. The average Bonchev–Trinajstić information content (AvgIpc) is 3.36. The van der Waals surface area contributed by atoms with Gasteiger partial charge in [-0.3, -0.25) is 0 Å². The largest absolute Gasteiger partial charge is 0.354 e. The van der Waals surface area contributed by atoms with E-state index in [-0.39, 0.29) is 6.54 Å². The van der Waals surface area contributed by atoms with Crippen molar-refractivity contribution >= 4 is 33.2 Å². The van der Waals surface area contributed by atoms with Crippen LogP contribution in [0.25, 0.3) is 20.8 Å². The van der Waals surface area contributed by atoms with E-state index < -0.39 is 18.4 Å². The molecule has 0 saturated carbocycles. The first-order chi connectivity index (χ1) is 14.1. The summed E-state index contributed by atoms with van der Waals surface area (Å²) in [7, 11) is 0. The molecule has 0 bridgehead atoms. The van der Waals surface area contributed by atoms with Gasteiger partial charge in [0, 0.05) is 37.0 Å².